The third-order valence-corrected chi connectivity index (χ3v) is 9.49. The maximum Gasteiger partial charge on any atom is 0.397 e. The van der Waals surface area contributed by atoms with Crippen molar-refractivity contribution < 1.29 is 47.1 Å². The molecule has 1 saturated heterocycles. The van der Waals surface area contributed by atoms with Gasteiger partial charge in [-0.1, -0.05) is 55.3 Å². The fraction of sp³-hybridized carbons (Fsp3) is 0.432. The van der Waals surface area contributed by atoms with Crippen molar-refractivity contribution in [1.82, 2.24) is 26.0 Å². The van der Waals surface area contributed by atoms with Crippen molar-refractivity contribution in [2.75, 3.05) is 6.54 Å². The Morgan fingerprint density at radius 1 is 1.04 bits per heavy atom. The Labute approximate surface area is 297 Å². The lowest BCUT2D eigenvalue weighted by Gasteiger charge is -2.29. The van der Waals surface area contributed by atoms with Gasteiger partial charge in [0.05, 0.1) is 5.52 Å². The average Bonchev–Trinajstić information content (AvgIpc) is 3.53. The number of hydroxylamine groups is 1. The molecule has 2 aromatic carbocycles. The second-order valence-electron chi connectivity index (χ2n) is 13.3. The molecule has 1 fully saturated rings. The Kier molecular flexibility index (Phi) is 12.5. The number of nitrogens with one attached hydrogen (secondary N) is 3. The Hall–Kier alpha value is -5.05. The fourth-order valence-corrected chi connectivity index (χ4v) is 6.93. The van der Waals surface area contributed by atoms with Gasteiger partial charge >= 0.3 is 6.18 Å². The van der Waals surface area contributed by atoms with Crippen LogP contribution in [-0.2, 0) is 25.6 Å². The maximum absolute atomic E-state index is 14.1. The second kappa shape index (κ2) is 17.0. The molecule has 278 valence electrons. The lowest BCUT2D eigenvalue weighted by molar-refractivity contribution is -0.156. The van der Waals surface area contributed by atoms with Crippen LogP contribution >= 0.6 is 0 Å². The smallest absolute Gasteiger partial charge is 0.397 e. The van der Waals surface area contributed by atoms with Crippen LogP contribution in [0.25, 0.3) is 22.2 Å². The predicted molar refractivity (Wildman–Crippen MR) is 182 cm³/mol. The third-order valence-electron chi connectivity index (χ3n) is 9.49. The molecule has 0 bridgehead atoms. The highest BCUT2D eigenvalue weighted by Crippen LogP contribution is 2.38. The van der Waals surface area contributed by atoms with Gasteiger partial charge in [-0.2, -0.15) is 13.2 Å². The van der Waals surface area contributed by atoms with Gasteiger partial charge in [-0.25, -0.2) is 14.9 Å². The van der Waals surface area contributed by atoms with E-state index in [1.165, 1.54) is 23.1 Å². The number of aromatic hydroxyl groups is 1. The highest BCUT2D eigenvalue weighted by atomic mass is 19.4. The number of benzene rings is 2. The minimum absolute atomic E-state index is 0.000140. The first-order chi connectivity index (χ1) is 24.8. The number of nitrogens with zero attached hydrogens (tertiary/aromatic N) is 2. The summed E-state index contributed by atoms with van der Waals surface area (Å²) < 4.78 is 53.4. The summed E-state index contributed by atoms with van der Waals surface area (Å²) in [4.78, 5) is 58.6. The number of alkyl halides is 3. The van der Waals surface area contributed by atoms with E-state index in [0.29, 0.717) is 54.1 Å². The van der Waals surface area contributed by atoms with Crippen LogP contribution in [-0.4, -0.2) is 74.7 Å². The van der Waals surface area contributed by atoms with E-state index in [4.69, 9.17) is 0 Å². The summed E-state index contributed by atoms with van der Waals surface area (Å²) in [7, 11) is 0. The van der Waals surface area contributed by atoms with Gasteiger partial charge in [0.1, 0.15) is 41.8 Å². The van der Waals surface area contributed by atoms with E-state index in [0.717, 1.165) is 0 Å². The predicted octanol–water partition coefficient (Wildman–Crippen LogP) is 5.23. The van der Waals surface area contributed by atoms with Crippen LogP contribution in [0.15, 0.2) is 60.7 Å². The van der Waals surface area contributed by atoms with E-state index in [9.17, 15) is 47.1 Å². The molecule has 2 aliphatic rings. The van der Waals surface area contributed by atoms with Crippen LogP contribution in [0.2, 0.25) is 0 Å². The van der Waals surface area contributed by atoms with Gasteiger partial charge in [0, 0.05) is 23.1 Å². The van der Waals surface area contributed by atoms with Crippen LogP contribution < -0.4 is 16.1 Å². The number of halogens is 4. The van der Waals surface area contributed by atoms with E-state index < -0.39 is 60.2 Å². The highest BCUT2D eigenvalue weighted by Gasteiger charge is 2.43. The molecule has 0 spiro atoms. The van der Waals surface area contributed by atoms with Crippen molar-refractivity contribution >= 4 is 34.5 Å². The molecule has 11 nitrogen and oxygen atoms in total. The molecule has 3 heterocycles. The van der Waals surface area contributed by atoms with Crippen molar-refractivity contribution in [3.63, 3.8) is 0 Å². The molecule has 0 radical (unpaired) electrons. The maximum atomic E-state index is 14.1. The minimum Gasteiger partial charge on any atom is -0.505 e. The van der Waals surface area contributed by atoms with E-state index in [1.54, 1.807) is 41.9 Å². The number of para-hydroxylation sites is 1. The standard InChI is InChI=1S/C37H41F4N5O6/c38-24-11-9-10-23(19-24)32-33(48)26(25-12-7-8-13-27(25)43-32)17-16-22-18-30-35(50)44-28(34(49)45-52)14-5-3-1-2-4-6-15-29(36(51)46(30)21-22)42-31(47)20-37(39,40)41/h3,5,7-13,19,22,28-30,48,52H,1-2,4,6,14-18,20-21H2,(H,42,47)(H,44,50)(H,45,49)/b5-3-/t22-,28?,29-,30-/m0/s1. The van der Waals surface area contributed by atoms with Crippen LogP contribution in [0.1, 0.15) is 63.4 Å². The van der Waals surface area contributed by atoms with Crippen molar-refractivity contribution in [2.45, 2.75) is 88.5 Å². The number of aryl methyl sites for hydroxylation is 1. The average molecular weight is 728 g/mol. The van der Waals surface area contributed by atoms with Gasteiger partial charge in [-0.3, -0.25) is 24.4 Å². The van der Waals surface area contributed by atoms with Crippen molar-refractivity contribution in [3.05, 3.63) is 72.1 Å². The summed E-state index contributed by atoms with van der Waals surface area (Å²) >= 11 is 0. The largest absolute Gasteiger partial charge is 0.505 e. The summed E-state index contributed by atoms with van der Waals surface area (Å²) in [6.07, 6.45) is 0.0462. The van der Waals surface area contributed by atoms with Crippen LogP contribution in [0.4, 0.5) is 17.6 Å². The molecular weight excluding hydrogens is 686 g/mol. The Morgan fingerprint density at radius 2 is 1.83 bits per heavy atom. The summed E-state index contributed by atoms with van der Waals surface area (Å²) in [5.41, 5.74) is 3.18. The van der Waals surface area contributed by atoms with E-state index in [1.807, 2.05) is 6.08 Å². The van der Waals surface area contributed by atoms with Gasteiger partial charge in [0.15, 0.2) is 0 Å². The SMILES string of the molecule is O=C(CC(F)(F)F)N[C@H]1CCCCC/C=C\CC(C(=O)NO)NC(=O)[C@@H]2C[C@H](CCc3c(O)c(-c4cccc(F)c4)nc4ccccc34)CN2C1=O. The van der Waals surface area contributed by atoms with E-state index >= 15 is 0 Å². The number of rotatable bonds is 7. The number of fused-ring (bicyclic) bond motifs is 2. The quantitative estimate of drug-likeness (QED) is 0.0964. The second-order valence-corrected chi connectivity index (χ2v) is 13.3. The first kappa shape index (κ1) is 38.2. The molecule has 1 unspecified atom stereocenters. The zero-order valence-electron chi connectivity index (χ0n) is 28.3. The number of allylic oxidation sites excluding steroid dienone is 1. The summed E-state index contributed by atoms with van der Waals surface area (Å²) in [6, 6.07) is 9.11. The zero-order valence-corrected chi connectivity index (χ0v) is 28.3. The Morgan fingerprint density at radius 3 is 2.58 bits per heavy atom. The number of carbonyl (C=O) groups excluding carboxylic acids is 4. The summed E-state index contributed by atoms with van der Waals surface area (Å²) in [5.74, 6) is -4.69. The number of aromatic nitrogens is 1. The molecule has 52 heavy (non-hydrogen) atoms. The highest BCUT2D eigenvalue weighted by molar-refractivity contribution is 5.95. The van der Waals surface area contributed by atoms with Crippen LogP contribution in [0.5, 0.6) is 5.75 Å². The van der Waals surface area contributed by atoms with Gasteiger partial charge in [0.2, 0.25) is 17.7 Å². The summed E-state index contributed by atoms with van der Waals surface area (Å²) in [6.45, 7) is -0.000140. The van der Waals surface area contributed by atoms with Crippen molar-refractivity contribution in [2.24, 2.45) is 5.92 Å². The topological polar surface area (TPSA) is 161 Å². The molecule has 2 aliphatic heterocycles. The molecule has 1 aromatic heterocycles. The van der Waals surface area contributed by atoms with Gasteiger partial charge in [-0.05, 0) is 69.1 Å². The van der Waals surface area contributed by atoms with Gasteiger partial charge in [0.25, 0.3) is 5.91 Å². The van der Waals surface area contributed by atoms with E-state index in [2.05, 4.69) is 15.6 Å². The molecule has 4 amide bonds. The van der Waals surface area contributed by atoms with Gasteiger partial charge in [-0.15, -0.1) is 0 Å². The lowest BCUT2D eigenvalue weighted by atomic mass is 9.93. The van der Waals surface area contributed by atoms with Crippen LogP contribution in [0, 0.1) is 11.7 Å². The van der Waals surface area contributed by atoms with Crippen molar-refractivity contribution in [3.8, 4) is 17.0 Å². The van der Waals surface area contributed by atoms with E-state index in [-0.39, 0.29) is 49.6 Å². The molecule has 0 saturated carbocycles. The number of hydrogen-bond donors (Lipinski definition) is 5. The lowest BCUT2D eigenvalue weighted by Crippen LogP contribution is -2.56. The first-order valence-electron chi connectivity index (χ1n) is 17.3. The first-order valence-corrected chi connectivity index (χ1v) is 17.3. The minimum atomic E-state index is -4.79. The Balaban J connectivity index is 1.45. The molecule has 15 heteroatoms. The summed E-state index contributed by atoms with van der Waals surface area (Å²) in [5, 5.41) is 26.3. The number of carbonyl (C=O) groups is 4. The van der Waals surface area contributed by atoms with Crippen LogP contribution in [0.3, 0.4) is 0 Å². The molecule has 3 aromatic rings. The monoisotopic (exact) mass is 727 g/mol. The van der Waals surface area contributed by atoms with Gasteiger partial charge < -0.3 is 20.6 Å². The number of amides is 4. The molecule has 5 N–H and O–H groups in total. The molecule has 5 rings (SSSR count). The van der Waals surface area contributed by atoms with Crippen molar-refractivity contribution in [1.29, 1.82) is 0 Å². The zero-order chi connectivity index (χ0) is 37.4. The fourth-order valence-electron chi connectivity index (χ4n) is 6.93. The number of hydrogen-bond acceptors (Lipinski definition) is 7. The third kappa shape index (κ3) is 9.63. The number of pyridine rings is 1. The molecule has 4 atom stereocenters. The Bertz CT molecular complexity index is 1820. The molecular formula is C37H41F4N5O6. The molecule has 0 aliphatic carbocycles. The normalized spacial score (nSPS) is 22.5.